The van der Waals surface area contributed by atoms with Crippen LogP contribution in [0, 0.1) is 17.6 Å². The quantitative estimate of drug-likeness (QED) is 0.442. The lowest BCUT2D eigenvalue weighted by Gasteiger charge is -2.33. The number of carbonyl (C=O) groups is 2. The fourth-order valence-electron chi connectivity index (χ4n) is 6.21. The molecule has 2 atom stereocenters. The number of halogens is 2. The topological polar surface area (TPSA) is 84.7 Å². The second-order valence-electron chi connectivity index (χ2n) is 10.8. The van der Waals surface area contributed by atoms with Crippen LogP contribution in [0.3, 0.4) is 0 Å². The first-order valence-electron chi connectivity index (χ1n) is 13.2. The number of fused-ring (bicyclic) bond motifs is 3. The summed E-state index contributed by atoms with van der Waals surface area (Å²) in [6, 6.07) is 8.02. The van der Waals surface area contributed by atoms with E-state index in [2.05, 4.69) is 16.7 Å². The van der Waals surface area contributed by atoms with E-state index >= 15 is 0 Å². The van der Waals surface area contributed by atoms with E-state index in [4.69, 9.17) is 9.72 Å². The minimum Gasteiger partial charge on any atom is -0.481 e. The molecule has 0 unspecified atom stereocenters. The zero-order valence-corrected chi connectivity index (χ0v) is 21.9. The Balaban J connectivity index is 1.58. The van der Waals surface area contributed by atoms with Crippen LogP contribution < -0.4 is 0 Å². The average Bonchev–Trinajstić information content (AvgIpc) is 3.30. The van der Waals surface area contributed by atoms with Crippen molar-refractivity contribution in [2.45, 2.75) is 76.9 Å². The minimum absolute atomic E-state index is 0.00690. The van der Waals surface area contributed by atoms with Gasteiger partial charge in [0.2, 0.25) is 0 Å². The molecule has 0 radical (unpaired) electrons. The third-order valence-corrected chi connectivity index (χ3v) is 8.27. The number of ether oxygens (including phenoxy) is 1. The van der Waals surface area contributed by atoms with Gasteiger partial charge in [0.25, 0.3) is 0 Å². The molecular weight excluding hydrogens is 492 g/mol. The average molecular weight is 526 g/mol. The van der Waals surface area contributed by atoms with Crippen molar-refractivity contribution in [3.63, 3.8) is 0 Å². The molecule has 2 aliphatic rings. The molecule has 1 fully saturated rings. The van der Waals surface area contributed by atoms with E-state index in [1.54, 1.807) is 11.0 Å². The van der Waals surface area contributed by atoms with Crippen LogP contribution in [-0.2, 0) is 28.9 Å². The second kappa shape index (κ2) is 10.3. The van der Waals surface area contributed by atoms with Gasteiger partial charge in [-0.1, -0.05) is 12.1 Å². The lowest BCUT2D eigenvalue weighted by molar-refractivity contribution is -0.142. The first-order chi connectivity index (χ1) is 18.2. The normalized spacial score (nSPS) is 22.2. The molecule has 0 spiro atoms. The lowest BCUT2D eigenvalue weighted by Crippen LogP contribution is -2.42. The van der Waals surface area contributed by atoms with E-state index in [1.165, 1.54) is 13.2 Å². The molecule has 38 heavy (non-hydrogen) atoms. The van der Waals surface area contributed by atoms with Gasteiger partial charge in [-0.25, -0.2) is 18.6 Å². The zero-order valence-electron chi connectivity index (χ0n) is 21.9. The molecule has 5 rings (SSSR count). The molecule has 2 heterocycles. The van der Waals surface area contributed by atoms with Crippen molar-refractivity contribution in [2.24, 2.45) is 5.92 Å². The van der Waals surface area contributed by atoms with Crippen molar-refractivity contribution in [1.29, 1.82) is 0 Å². The summed E-state index contributed by atoms with van der Waals surface area (Å²) in [5, 5.41) is 9.48. The van der Waals surface area contributed by atoms with Gasteiger partial charge in [-0.15, -0.1) is 0 Å². The summed E-state index contributed by atoms with van der Waals surface area (Å²) in [5.74, 6) is -1.87. The van der Waals surface area contributed by atoms with Gasteiger partial charge in [-0.2, -0.15) is 0 Å². The molecule has 1 N–H and O–H groups in total. The van der Waals surface area contributed by atoms with Gasteiger partial charge >= 0.3 is 12.1 Å². The molecule has 1 aromatic heterocycles. The lowest BCUT2D eigenvalue weighted by atomic mass is 9.81. The van der Waals surface area contributed by atoms with Crippen molar-refractivity contribution in [1.82, 2.24) is 14.5 Å². The number of carboxylic acids is 1. The molecule has 0 saturated heterocycles. The van der Waals surface area contributed by atoms with E-state index in [0.717, 1.165) is 34.1 Å². The first-order valence-corrected chi connectivity index (χ1v) is 13.2. The maximum absolute atomic E-state index is 14.0. The number of benzene rings is 2. The highest BCUT2D eigenvalue weighted by molar-refractivity contribution is 5.83. The summed E-state index contributed by atoms with van der Waals surface area (Å²) in [6.07, 6.45) is 3.40. The van der Waals surface area contributed by atoms with Crippen LogP contribution in [0.25, 0.3) is 11.0 Å². The molecule has 9 heteroatoms. The highest BCUT2D eigenvalue weighted by Gasteiger charge is 2.34. The van der Waals surface area contributed by atoms with Crippen LogP contribution in [-0.4, -0.2) is 44.8 Å². The molecule has 3 aromatic rings. The Morgan fingerprint density at radius 2 is 1.87 bits per heavy atom. The molecule has 202 valence electrons. The molecule has 1 saturated carbocycles. The molecule has 7 nitrogen and oxygen atoms in total. The number of aliphatic carboxylic acids is 1. The van der Waals surface area contributed by atoms with Crippen molar-refractivity contribution in [2.75, 3.05) is 7.11 Å². The highest BCUT2D eigenvalue weighted by Crippen LogP contribution is 2.40. The summed E-state index contributed by atoms with van der Waals surface area (Å²) in [6.45, 7) is 4.43. The van der Waals surface area contributed by atoms with Gasteiger partial charge in [0.15, 0.2) is 11.6 Å². The number of hydrogen-bond acceptors (Lipinski definition) is 4. The van der Waals surface area contributed by atoms with Crippen LogP contribution in [0.1, 0.15) is 74.0 Å². The fraction of sp³-hybridized carbons (Fsp3) is 0.483. The van der Waals surface area contributed by atoms with E-state index in [-0.39, 0.29) is 30.0 Å². The zero-order chi connectivity index (χ0) is 27.1. The van der Waals surface area contributed by atoms with Crippen LogP contribution in [0.4, 0.5) is 13.6 Å². The van der Waals surface area contributed by atoms with Gasteiger partial charge in [0, 0.05) is 23.6 Å². The number of carboxylic acid groups (broad SMARTS) is 1. The summed E-state index contributed by atoms with van der Waals surface area (Å²) in [4.78, 5) is 30.9. The van der Waals surface area contributed by atoms with E-state index in [0.29, 0.717) is 50.6 Å². The molecule has 2 aromatic carbocycles. The Hall–Kier alpha value is -3.49. The monoisotopic (exact) mass is 525 g/mol. The van der Waals surface area contributed by atoms with Gasteiger partial charge in [0.1, 0.15) is 5.82 Å². The first kappa shape index (κ1) is 26.1. The van der Waals surface area contributed by atoms with Gasteiger partial charge in [-0.3, -0.25) is 4.79 Å². The highest BCUT2D eigenvalue weighted by atomic mass is 19.2. The fourth-order valence-corrected chi connectivity index (χ4v) is 6.21. The Labute approximate surface area is 220 Å². The maximum Gasteiger partial charge on any atom is 0.410 e. The number of aromatic nitrogens is 2. The SMILES string of the molecule is COC(=O)N1Cc2c(ccc3c2nc([C@H]2CC[C@H](C(=O)O)CC2)n3[C@H](C)Cc2ccc(F)c(F)c2)C[C@@H]1C. The Bertz CT molecular complexity index is 1380. The maximum atomic E-state index is 14.0. The van der Waals surface area contributed by atoms with Crippen molar-refractivity contribution >= 4 is 23.1 Å². The largest absolute Gasteiger partial charge is 0.481 e. The second-order valence-corrected chi connectivity index (χ2v) is 10.8. The van der Waals surface area contributed by atoms with Gasteiger partial charge in [0.05, 0.1) is 30.6 Å². The van der Waals surface area contributed by atoms with Crippen LogP contribution in [0.2, 0.25) is 0 Å². The number of hydrogen-bond donors (Lipinski definition) is 1. The molecule has 1 aliphatic carbocycles. The van der Waals surface area contributed by atoms with E-state index in [1.807, 2.05) is 13.8 Å². The van der Waals surface area contributed by atoms with Crippen LogP contribution >= 0.6 is 0 Å². The number of amides is 1. The summed E-state index contributed by atoms with van der Waals surface area (Å²) in [7, 11) is 1.38. The smallest absolute Gasteiger partial charge is 0.410 e. The van der Waals surface area contributed by atoms with Crippen molar-refractivity contribution < 1.29 is 28.2 Å². The molecule has 1 amide bonds. The van der Waals surface area contributed by atoms with E-state index in [9.17, 15) is 23.5 Å². The summed E-state index contributed by atoms with van der Waals surface area (Å²) >= 11 is 0. The number of carbonyl (C=O) groups excluding carboxylic acids is 1. The van der Waals surface area contributed by atoms with E-state index < -0.39 is 17.6 Å². The Kier molecular flexibility index (Phi) is 7.11. The van der Waals surface area contributed by atoms with Crippen molar-refractivity contribution in [3.05, 3.63) is 64.5 Å². The number of imidazole rings is 1. The Morgan fingerprint density at radius 1 is 1.13 bits per heavy atom. The summed E-state index contributed by atoms with van der Waals surface area (Å²) < 4.78 is 34.7. The number of methoxy groups -OCH3 is 1. The molecule has 0 bridgehead atoms. The van der Waals surface area contributed by atoms with Crippen molar-refractivity contribution in [3.8, 4) is 0 Å². The standard InChI is InChI=1S/C29H33F2N3O4/c1-16-13-21-9-11-25-26(22(21)15-33(16)29(37)38-3)32-27(19-5-7-20(8-6-19)28(35)36)34(25)17(2)12-18-4-10-23(30)24(31)14-18/h4,9-11,14,16-17,19-20H,5-8,12-13,15H2,1-3H3,(H,35,36)/t16-,17+,19-,20-/m0/s1. The number of rotatable bonds is 5. The third kappa shape index (κ3) is 4.74. The predicted molar refractivity (Wildman–Crippen MR) is 138 cm³/mol. The summed E-state index contributed by atoms with van der Waals surface area (Å²) in [5.41, 5.74) is 4.57. The predicted octanol–water partition coefficient (Wildman–Crippen LogP) is 5.99. The van der Waals surface area contributed by atoms with Crippen LogP contribution in [0.5, 0.6) is 0 Å². The minimum atomic E-state index is -0.874. The molecular formula is C29H33F2N3O4. The van der Waals surface area contributed by atoms with Gasteiger partial charge in [-0.05, 0) is 81.7 Å². The molecule has 1 aliphatic heterocycles. The third-order valence-electron chi connectivity index (χ3n) is 8.27. The van der Waals surface area contributed by atoms with Crippen LogP contribution in [0.15, 0.2) is 30.3 Å². The Morgan fingerprint density at radius 3 is 2.53 bits per heavy atom. The van der Waals surface area contributed by atoms with Gasteiger partial charge < -0.3 is 19.3 Å². The number of nitrogens with zero attached hydrogens (tertiary/aromatic N) is 3.